The maximum atomic E-state index is 13.7. The number of anilines is 1. The van der Waals surface area contributed by atoms with Crippen LogP contribution in [0.5, 0.6) is 0 Å². The van der Waals surface area contributed by atoms with E-state index in [0.717, 1.165) is 0 Å². The molecule has 0 atom stereocenters. The lowest BCUT2D eigenvalue weighted by Crippen LogP contribution is -2.12. The number of carbonyl (C=O) groups is 1. The number of fused-ring (bicyclic) bond motifs is 1. The van der Waals surface area contributed by atoms with Gasteiger partial charge in [0.15, 0.2) is 5.82 Å². The molecule has 102 valence electrons. The van der Waals surface area contributed by atoms with Gasteiger partial charge < -0.3 is 14.8 Å². The van der Waals surface area contributed by atoms with Crippen LogP contribution in [-0.4, -0.2) is 16.0 Å². The molecule has 0 fully saturated rings. The van der Waals surface area contributed by atoms with Crippen molar-refractivity contribution in [2.24, 2.45) is 0 Å². The van der Waals surface area contributed by atoms with Gasteiger partial charge in [-0.3, -0.25) is 4.79 Å². The fourth-order valence-corrected chi connectivity index (χ4v) is 2.21. The normalized spacial score (nSPS) is 10.9. The monoisotopic (exact) mass is 273 g/mol. The highest BCUT2D eigenvalue weighted by molar-refractivity contribution is 6.13. The summed E-state index contributed by atoms with van der Waals surface area (Å²) >= 11 is 0. The molecule has 0 saturated carbocycles. The van der Waals surface area contributed by atoms with Crippen LogP contribution in [-0.2, 0) is 0 Å². The highest BCUT2D eigenvalue weighted by Gasteiger charge is 2.18. The van der Waals surface area contributed by atoms with E-state index in [-0.39, 0.29) is 11.7 Å². The molecule has 20 heavy (non-hydrogen) atoms. The number of rotatable bonds is 2. The van der Waals surface area contributed by atoms with Gasteiger partial charge in [0.2, 0.25) is 0 Å². The van der Waals surface area contributed by atoms with E-state index < -0.39 is 0 Å². The summed E-state index contributed by atoms with van der Waals surface area (Å²) in [6.45, 7) is 3.46. The van der Waals surface area contributed by atoms with Crippen LogP contribution in [0.3, 0.4) is 0 Å². The van der Waals surface area contributed by atoms with Crippen LogP contribution in [0.1, 0.15) is 21.8 Å². The van der Waals surface area contributed by atoms with Crippen molar-refractivity contribution in [3.8, 4) is 0 Å². The number of para-hydroxylation sites is 1. The van der Waals surface area contributed by atoms with Crippen LogP contribution in [0.15, 0.2) is 28.8 Å². The first-order valence-corrected chi connectivity index (χ1v) is 6.07. The predicted molar refractivity (Wildman–Crippen MR) is 72.2 cm³/mol. The molecule has 2 N–H and O–H groups in total. The summed E-state index contributed by atoms with van der Waals surface area (Å²) in [5.74, 6) is 0.189. The molecule has 2 aromatic heterocycles. The molecule has 1 aromatic carbocycles. The van der Waals surface area contributed by atoms with Crippen LogP contribution < -0.4 is 5.32 Å². The van der Waals surface area contributed by atoms with E-state index in [2.05, 4.69) is 15.5 Å². The zero-order chi connectivity index (χ0) is 14.3. The SMILES string of the molecule is Cc1cc(NC(=O)c2c(C)[nH]c3c(F)cccc23)no1. The van der Waals surface area contributed by atoms with Crippen molar-refractivity contribution < 1.29 is 13.7 Å². The standard InChI is InChI=1S/C14H12FN3O2/c1-7-6-11(18-20-7)17-14(19)12-8(2)16-13-9(12)4-3-5-10(13)15/h3-6,16H,1-2H3,(H,17,18,19). The Morgan fingerprint density at radius 2 is 2.20 bits per heavy atom. The zero-order valence-corrected chi connectivity index (χ0v) is 11.0. The summed E-state index contributed by atoms with van der Waals surface area (Å²) in [4.78, 5) is 15.2. The third-order valence-electron chi connectivity index (χ3n) is 3.07. The maximum Gasteiger partial charge on any atom is 0.259 e. The maximum absolute atomic E-state index is 13.7. The van der Waals surface area contributed by atoms with Gasteiger partial charge in [-0.2, -0.15) is 0 Å². The molecule has 6 heteroatoms. The summed E-state index contributed by atoms with van der Waals surface area (Å²) in [6.07, 6.45) is 0. The molecule has 2 heterocycles. The Balaban J connectivity index is 2.03. The molecule has 0 bridgehead atoms. The van der Waals surface area contributed by atoms with Gasteiger partial charge >= 0.3 is 0 Å². The van der Waals surface area contributed by atoms with Gasteiger partial charge in [0, 0.05) is 17.1 Å². The second-order valence-electron chi connectivity index (χ2n) is 4.56. The summed E-state index contributed by atoms with van der Waals surface area (Å²) < 4.78 is 18.6. The van der Waals surface area contributed by atoms with Gasteiger partial charge in [-0.15, -0.1) is 0 Å². The van der Waals surface area contributed by atoms with E-state index >= 15 is 0 Å². The number of carbonyl (C=O) groups excluding carboxylic acids is 1. The lowest BCUT2D eigenvalue weighted by molar-refractivity contribution is 0.102. The molecule has 0 saturated heterocycles. The largest absolute Gasteiger partial charge is 0.360 e. The second-order valence-corrected chi connectivity index (χ2v) is 4.56. The molecule has 5 nitrogen and oxygen atoms in total. The van der Waals surface area contributed by atoms with Gasteiger partial charge in [-0.25, -0.2) is 4.39 Å². The summed E-state index contributed by atoms with van der Waals surface area (Å²) in [7, 11) is 0. The van der Waals surface area contributed by atoms with E-state index in [1.165, 1.54) is 6.07 Å². The molecule has 0 aliphatic carbocycles. The molecule has 0 unspecified atom stereocenters. The molecule has 0 radical (unpaired) electrons. The second kappa shape index (κ2) is 4.48. The summed E-state index contributed by atoms with van der Waals surface area (Å²) in [6, 6.07) is 6.23. The fourth-order valence-electron chi connectivity index (χ4n) is 2.21. The number of nitrogens with one attached hydrogen (secondary N) is 2. The molecular weight excluding hydrogens is 261 g/mol. The molecule has 0 aliphatic heterocycles. The average Bonchev–Trinajstić information content (AvgIpc) is 2.93. The van der Waals surface area contributed by atoms with E-state index in [1.807, 2.05) is 0 Å². The van der Waals surface area contributed by atoms with Crippen molar-refractivity contribution in [1.29, 1.82) is 0 Å². The number of benzene rings is 1. The molecule has 3 aromatic rings. The quantitative estimate of drug-likeness (QED) is 0.753. The number of aromatic amines is 1. The van der Waals surface area contributed by atoms with Gasteiger partial charge in [-0.1, -0.05) is 17.3 Å². The Kier molecular flexibility index (Phi) is 2.78. The van der Waals surface area contributed by atoms with E-state index in [0.29, 0.717) is 33.7 Å². The first kappa shape index (κ1) is 12.4. The fraction of sp³-hybridized carbons (Fsp3) is 0.143. The first-order valence-electron chi connectivity index (χ1n) is 6.07. The number of amides is 1. The molecule has 0 spiro atoms. The van der Waals surface area contributed by atoms with Crippen molar-refractivity contribution in [1.82, 2.24) is 10.1 Å². The molecule has 3 rings (SSSR count). The molecule has 1 amide bonds. The molecule has 0 aliphatic rings. The highest BCUT2D eigenvalue weighted by atomic mass is 19.1. The van der Waals surface area contributed by atoms with Crippen LogP contribution >= 0.6 is 0 Å². The highest BCUT2D eigenvalue weighted by Crippen LogP contribution is 2.25. The number of hydrogen-bond acceptors (Lipinski definition) is 3. The van der Waals surface area contributed by atoms with Crippen molar-refractivity contribution in [3.63, 3.8) is 0 Å². The number of H-pyrrole nitrogens is 1. The minimum Gasteiger partial charge on any atom is -0.360 e. The smallest absolute Gasteiger partial charge is 0.259 e. The summed E-state index contributed by atoms with van der Waals surface area (Å²) in [5.41, 5.74) is 1.33. The Labute approximate surface area is 113 Å². The van der Waals surface area contributed by atoms with Gasteiger partial charge in [0.1, 0.15) is 11.6 Å². The van der Waals surface area contributed by atoms with E-state index in [1.54, 1.807) is 32.0 Å². The van der Waals surface area contributed by atoms with Crippen LogP contribution in [0, 0.1) is 19.7 Å². The lowest BCUT2D eigenvalue weighted by Gasteiger charge is -2.01. The van der Waals surface area contributed by atoms with Crippen molar-refractivity contribution in [2.45, 2.75) is 13.8 Å². The Bertz CT molecular complexity index is 804. The first-order chi connectivity index (χ1) is 9.56. The topological polar surface area (TPSA) is 70.9 Å². The number of aromatic nitrogens is 2. The van der Waals surface area contributed by atoms with Crippen molar-refractivity contribution in [3.05, 3.63) is 47.1 Å². The Morgan fingerprint density at radius 1 is 1.40 bits per heavy atom. The van der Waals surface area contributed by atoms with Crippen molar-refractivity contribution >= 4 is 22.6 Å². The predicted octanol–water partition coefficient (Wildman–Crippen LogP) is 3.16. The minimum atomic E-state index is -0.387. The Morgan fingerprint density at radius 3 is 2.90 bits per heavy atom. The zero-order valence-electron chi connectivity index (χ0n) is 11.0. The number of hydrogen-bond donors (Lipinski definition) is 2. The van der Waals surface area contributed by atoms with Gasteiger partial charge in [-0.05, 0) is 19.9 Å². The molecular formula is C14H12FN3O2. The summed E-state index contributed by atoms with van der Waals surface area (Å²) in [5, 5.41) is 6.87. The Hall–Kier alpha value is -2.63. The lowest BCUT2D eigenvalue weighted by atomic mass is 10.1. The third kappa shape index (κ3) is 1.95. The van der Waals surface area contributed by atoms with Gasteiger partial charge in [0.25, 0.3) is 5.91 Å². The van der Waals surface area contributed by atoms with E-state index in [9.17, 15) is 9.18 Å². The average molecular weight is 273 g/mol. The number of halogens is 1. The van der Waals surface area contributed by atoms with Crippen LogP contribution in [0.2, 0.25) is 0 Å². The van der Waals surface area contributed by atoms with Crippen LogP contribution in [0.25, 0.3) is 10.9 Å². The van der Waals surface area contributed by atoms with E-state index in [4.69, 9.17) is 4.52 Å². The van der Waals surface area contributed by atoms with Gasteiger partial charge in [0.05, 0.1) is 11.1 Å². The number of aryl methyl sites for hydroxylation is 2. The van der Waals surface area contributed by atoms with Crippen LogP contribution in [0.4, 0.5) is 10.2 Å². The third-order valence-corrected chi connectivity index (χ3v) is 3.07. The minimum absolute atomic E-state index is 0.325. The number of nitrogens with zero attached hydrogens (tertiary/aromatic N) is 1. The van der Waals surface area contributed by atoms with Crippen molar-refractivity contribution in [2.75, 3.05) is 5.32 Å².